The molecule has 0 spiro atoms. The molecular weight excluding hydrogens is 391 g/mol. The minimum absolute atomic E-state index is 0.104. The van der Waals surface area contributed by atoms with Crippen LogP contribution in [0.15, 0.2) is 29.4 Å². The monoisotopic (exact) mass is 401 g/mol. The molecule has 0 unspecified atom stereocenters. The minimum atomic E-state index is -4.59. The van der Waals surface area contributed by atoms with Gasteiger partial charge in [-0.2, -0.15) is 17.9 Å². The van der Waals surface area contributed by atoms with Gasteiger partial charge in [0.15, 0.2) is 0 Å². The molecule has 0 atom stereocenters. The van der Waals surface area contributed by atoms with Crippen molar-refractivity contribution in [2.24, 2.45) is 0 Å². The van der Waals surface area contributed by atoms with Gasteiger partial charge in [0.1, 0.15) is 0 Å². The van der Waals surface area contributed by atoms with Gasteiger partial charge in [0.05, 0.1) is 11.4 Å². The molecule has 0 aliphatic carbocycles. The molecule has 1 N–H and O–H groups in total. The van der Waals surface area contributed by atoms with Crippen LogP contribution in [-0.2, 0) is 11.0 Å². The molecule has 0 radical (unpaired) electrons. The smallest absolute Gasteiger partial charge is 0.300 e. The summed E-state index contributed by atoms with van der Waals surface area (Å²) in [7, 11) is 0. The summed E-state index contributed by atoms with van der Waals surface area (Å²) in [6, 6.07) is 7.45. The highest BCUT2D eigenvalue weighted by molar-refractivity contribution is 7.99. The van der Waals surface area contributed by atoms with Gasteiger partial charge in [-0.1, -0.05) is 40.8 Å². The van der Waals surface area contributed by atoms with Gasteiger partial charge in [0, 0.05) is 0 Å². The molecule has 2 aromatic heterocycles. The third kappa shape index (κ3) is 4.35. The Kier molecular flexibility index (Phi) is 5.18. The second-order valence-electron chi connectivity index (χ2n) is 4.96. The van der Waals surface area contributed by atoms with Crippen LogP contribution >= 0.6 is 23.1 Å². The SMILES string of the molecule is Cc1ccc(-n2nnnc2SCC(=O)Nc2nnc(C(F)(F)F)s2)cc1. The fourth-order valence-corrected chi connectivity index (χ4v) is 3.11. The Morgan fingerprint density at radius 3 is 2.62 bits per heavy atom. The minimum Gasteiger partial charge on any atom is -0.300 e. The lowest BCUT2D eigenvalue weighted by Crippen LogP contribution is -2.14. The number of alkyl halides is 3. The van der Waals surface area contributed by atoms with Crippen LogP contribution in [-0.4, -0.2) is 42.1 Å². The van der Waals surface area contributed by atoms with Gasteiger partial charge >= 0.3 is 6.18 Å². The molecule has 136 valence electrons. The van der Waals surface area contributed by atoms with Gasteiger partial charge in [-0.25, -0.2) is 0 Å². The number of amides is 1. The van der Waals surface area contributed by atoms with Gasteiger partial charge < -0.3 is 0 Å². The number of benzene rings is 1. The molecule has 26 heavy (non-hydrogen) atoms. The Hall–Kier alpha value is -2.54. The molecule has 0 saturated carbocycles. The molecule has 0 bridgehead atoms. The highest BCUT2D eigenvalue weighted by atomic mass is 32.2. The number of nitrogens with zero attached hydrogens (tertiary/aromatic N) is 6. The topological polar surface area (TPSA) is 98.5 Å². The van der Waals surface area contributed by atoms with Crippen molar-refractivity contribution in [1.82, 2.24) is 30.4 Å². The average Bonchev–Trinajstić information content (AvgIpc) is 3.22. The van der Waals surface area contributed by atoms with Gasteiger partial charge in [0.25, 0.3) is 0 Å². The van der Waals surface area contributed by atoms with Gasteiger partial charge in [-0.05, 0) is 29.5 Å². The van der Waals surface area contributed by atoms with Crippen LogP contribution in [0.5, 0.6) is 0 Å². The summed E-state index contributed by atoms with van der Waals surface area (Å²) in [5.41, 5.74) is 1.80. The molecule has 2 heterocycles. The number of aromatic nitrogens is 6. The van der Waals surface area contributed by atoms with Gasteiger partial charge in [0.2, 0.25) is 21.2 Å². The lowest BCUT2D eigenvalue weighted by Gasteiger charge is -2.04. The summed E-state index contributed by atoms with van der Waals surface area (Å²) in [5.74, 6) is -0.647. The molecule has 0 fully saturated rings. The third-order valence-electron chi connectivity index (χ3n) is 2.97. The highest BCUT2D eigenvalue weighted by Gasteiger charge is 2.35. The summed E-state index contributed by atoms with van der Waals surface area (Å²) in [6.45, 7) is 1.95. The van der Waals surface area contributed by atoms with Crippen molar-refractivity contribution >= 4 is 34.1 Å². The van der Waals surface area contributed by atoms with Crippen molar-refractivity contribution in [1.29, 1.82) is 0 Å². The Bertz CT molecular complexity index is 907. The lowest BCUT2D eigenvalue weighted by molar-refractivity contribution is -0.138. The number of anilines is 1. The molecule has 1 amide bonds. The van der Waals surface area contributed by atoms with E-state index in [9.17, 15) is 18.0 Å². The molecular formula is C13H10F3N7OS2. The summed E-state index contributed by atoms with van der Waals surface area (Å²) < 4.78 is 38.9. The Morgan fingerprint density at radius 1 is 1.23 bits per heavy atom. The number of rotatable bonds is 5. The zero-order valence-corrected chi connectivity index (χ0v) is 14.7. The maximum atomic E-state index is 12.5. The molecule has 0 saturated heterocycles. The predicted octanol–water partition coefficient (Wildman–Crippen LogP) is 2.57. The molecule has 13 heteroatoms. The lowest BCUT2D eigenvalue weighted by atomic mass is 10.2. The van der Waals surface area contributed by atoms with Crippen LogP contribution < -0.4 is 5.32 Å². The zero-order chi connectivity index (χ0) is 18.7. The molecule has 0 aliphatic rings. The average molecular weight is 401 g/mol. The number of carbonyl (C=O) groups excluding carboxylic acids is 1. The first-order valence-electron chi connectivity index (χ1n) is 7.02. The van der Waals surface area contributed by atoms with Crippen LogP contribution in [0.2, 0.25) is 0 Å². The van der Waals surface area contributed by atoms with Crippen LogP contribution in [0.3, 0.4) is 0 Å². The largest absolute Gasteiger partial charge is 0.445 e. The molecule has 3 aromatic rings. The number of thioether (sulfide) groups is 1. The third-order valence-corrected chi connectivity index (χ3v) is 4.77. The number of halogens is 3. The van der Waals surface area contributed by atoms with Crippen molar-refractivity contribution in [3.8, 4) is 5.69 Å². The van der Waals surface area contributed by atoms with E-state index in [1.54, 1.807) is 0 Å². The molecule has 3 rings (SSSR count). The maximum absolute atomic E-state index is 12.5. The second kappa shape index (κ2) is 7.37. The van der Waals surface area contributed by atoms with E-state index in [4.69, 9.17) is 0 Å². The van der Waals surface area contributed by atoms with E-state index in [-0.39, 0.29) is 22.2 Å². The number of carbonyl (C=O) groups is 1. The number of hydrogen-bond acceptors (Lipinski definition) is 8. The fraction of sp³-hybridized carbons (Fsp3) is 0.231. The second-order valence-corrected chi connectivity index (χ2v) is 6.88. The van der Waals surface area contributed by atoms with E-state index in [2.05, 4.69) is 31.0 Å². The van der Waals surface area contributed by atoms with E-state index in [0.717, 1.165) is 23.0 Å². The van der Waals surface area contributed by atoms with Crippen molar-refractivity contribution in [2.45, 2.75) is 18.3 Å². The Morgan fingerprint density at radius 2 is 1.96 bits per heavy atom. The first-order valence-corrected chi connectivity index (χ1v) is 8.82. The van der Waals surface area contributed by atoms with Crippen LogP contribution in [0.1, 0.15) is 10.6 Å². The first kappa shape index (κ1) is 18.3. The zero-order valence-electron chi connectivity index (χ0n) is 13.1. The van der Waals surface area contributed by atoms with E-state index < -0.39 is 17.1 Å². The summed E-state index contributed by atoms with van der Waals surface area (Å²) in [6.07, 6.45) is -4.59. The van der Waals surface area contributed by atoms with Gasteiger partial charge in [-0.3, -0.25) is 10.1 Å². The summed E-state index contributed by atoms with van der Waals surface area (Å²) in [5, 5.41) is 18.9. The number of hydrogen-bond donors (Lipinski definition) is 1. The van der Waals surface area contributed by atoms with Crippen molar-refractivity contribution in [3.05, 3.63) is 34.8 Å². The predicted molar refractivity (Wildman–Crippen MR) is 88.2 cm³/mol. The molecule has 1 aromatic carbocycles. The Balaban J connectivity index is 1.61. The quantitative estimate of drug-likeness (QED) is 0.656. The molecule has 0 aliphatic heterocycles. The van der Waals surface area contributed by atoms with Crippen molar-refractivity contribution in [2.75, 3.05) is 11.1 Å². The first-order chi connectivity index (χ1) is 12.3. The van der Waals surface area contributed by atoms with E-state index in [1.807, 2.05) is 31.2 Å². The number of aryl methyl sites for hydroxylation is 1. The van der Waals surface area contributed by atoms with E-state index in [0.29, 0.717) is 5.16 Å². The van der Waals surface area contributed by atoms with E-state index >= 15 is 0 Å². The normalized spacial score (nSPS) is 11.5. The molecule has 8 nitrogen and oxygen atoms in total. The number of nitrogens with one attached hydrogen (secondary N) is 1. The van der Waals surface area contributed by atoms with Crippen LogP contribution in [0.4, 0.5) is 18.3 Å². The fourth-order valence-electron chi connectivity index (χ4n) is 1.79. The van der Waals surface area contributed by atoms with E-state index in [1.165, 1.54) is 4.68 Å². The van der Waals surface area contributed by atoms with Crippen molar-refractivity contribution in [3.63, 3.8) is 0 Å². The Labute approximate surface area is 152 Å². The highest BCUT2D eigenvalue weighted by Crippen LogP contribution is 2.33. The number of tetrazole rings is 1. The van der Waals surface area contributed by atoms with Gasteiger partial charge in [-0.15, -0.1) is 15.3 Å². The standard InChI is InChI=1S/C13H10F3N7OS2/c1-7-2-4-8(5-3-7)23-12(20-21-22-23)25-6-9(24)17-11-19-18-10(26-11)13(14,15)16/h2-5H,6H2,1H3,(H,17,19,24). The maximum Gasteiger partial charge on any atom is 0.445 e. The summed E-state index contributed by atoms with van der Waals surface area (Å²) in [4.78, 5) is 11.9. The summed E-state index contributed by atoms with van der Waals surface area (Å²) >= 11 is 1.30. The van der Waals surface area contributed by atoms with Crippen LogP contribution in [0, 0.1) is 6.92 Å². The van der Waals surface area contributed by atoms with Crippen LogP contribution in [0.25, 0.3) is 5.69 Å². The van der Waals surface area contributed by atoms with Crippen molar-refractivity contribution < 1.29 is 18.0 Å².